The van der Waals surface area contributed by atoms with Gasteiger partial charge in [0, 0.05) is 13.2 Å². The van der Waals surface area contributed by atoms with Gasteiger partial charge in [-0.3, -0.25) is 9.59 Å². The van der Waals surface area contributed by atoms with Crippen LogP contribution in [-0.4, -0.2) is 49.8 Å². The number of amides is 2. The Morgan fingerprint density at radius 2 is 1.77 bits per heavy atom. The van der Waals surface area contributed by atoms with Crippen LogP contribution in [0.5, 0.6) is 0 Å². The Bertz CT molecular complexity index is 1030. The summed E-state index contributed by atoms with van der Waals surface area (Å²) in [6.07, 6.45) is 1.08. The van der Waals surface area contributed by atoms with Gasteiger partial charge in [-0.05, 0) is 44.0 Å². The van der Waals surface area contributed by atoms with Crippen molar-refractivity contribution >= 4 is 27.5 Å². The van der Waals surface area contributed by atoms with Crippen molar-refractivity contribution in [3.05, 3.63) is 60.2 Å². The molecule has 0 bridgehead atoms. The van der Waals surface area contributed by atoms with Gasteiger partial charge in [0.25, 0.3) is 5.91 Å². The minimum absolute atomic E-state index is 0.0442. The van der Waals surface area contributed by atoms with E-state index < -0.39 is 27.9 Å². The van der Waals surface area contributed by atoms with Crippen molar-refractivity contribution in [2.24, 2.45) is 0 Å². The Morgan fingerprint density at radius 1 is 1.07 bits per heavy atom. The van der Waals surface area contributed by atoms with Crippen LogP contribution in [-0.2, 0) is 24.3 Å². The number of rotatable bonds is 6. The highest BCUT2D eigenvalue weighted by atomic mass is 32.2. The van der Waals surface area contributed by atoms with Gasteiger partial charge < -0.3 is 4.74 Å². The van der Waals surface area contributed by atoms with Crippen LogP contribution in [0, 0.1) is 6.92 Å². The summed E-state index contributed by atoms with van der Waals surface area (Å²) in [6, 6.07) is 14.0. The topological polar surface area (TPSA) is 84.0 Å². The zero-order chi connectivity index (χ0) is 21.3. The molecule has 2 amide bonds. The number of anilines is 1. The van der Waals surface area contributed by atoms with E-state index in [1.54, 1.807) is 42.5 Å². The summed E-state index contributed by atoms with van der Waals surface area (Å²) in [5.74, 6) is -0.937. The molecule has 7 nitrogen and oxygen atoms in total. The number of benzene rings is 2. The maximum atomic E-state index is 13.5. The van der Waals surface area contributed by atoms with Gasteiger partial charge in [-0.2, -0.15) is 4.31 Å². The van der Waals surface area contributed by atoms with E-state index in [2.05, 4.69) is 0 Å². The highest BCUT2D eigenvalue weighted by molar-refractivity contribution is 7.89. The predicted octanol–water partition coefficient (Wildman–Crippen LogP) is 2.50. The van der Waals surface area contributed by atoms with Crippen molar-refractivity contribution in [2.45, 2.75) is 43.2 Å². The molecule has 2 fully saturated rings. The molecule has 2 atom stereocenters. The monoisotopic (exact) mass is 428 g/mol. The lowest BCUT2D eigenvalue weighted by molar-refractivity contribution is -0.122. The number of hydrogen-bond acceptors (Lipinski definition) is 5. The van der Waals surface area contributed by atoms with Gasteiger partial charge >= 0.3 is 0 Å². The van der Waals surface area contributed by atoms with Crippen LogP contribution in [0.4, 0.5) is 5.69 Å². The first kappa shape index (κ1) is 20.7. The Labute approximate surface area is 176 Å². The first-order chi connectivity index (χ1) is 14.4. The molecule has 158 valence electrons. The van der Waals surface area contributed by atoms with Crippen LogP contribution in [0.2, 0.25) is 0 Å². The molecular formula is C22H24N2O5S. The van der Waals surface area contributed by atoms with Crippen molar-refractivity contribution in [1.82, 2.24) is 4.31 Å². The Morgan fingerprint density at radius 3 is 2.40 bits per heavy atom. The third-order valence-electron chi connectivity index (χ3n) is 5.52. The normalized spacial score (nSPS) is 22.3. The molecule has 2 aliphatic rings. The largest absolute Gasteiger partial charge is 0.377 e. The highest BCUT2D eigenvalue weighted by Crippen LogP contribution is 2.30. The number of para-hydroxylation sites is 1. The van der Waals surface area contributed by atoms with Crippen LogP contribution >= 0.6 is 0 Å². The van der Waals surface area contributed by atoms with E-state index in [1.807, 2.05) is 6.92 Å². The van der Waals surface area contributed by atoms with Crippen molar-refractivity contribution in [3.63, 3.8) is 0 Å². The molecule has 4 rings (SSSR count). The van der Waals surface area contributed by atoms with E-state index in [-0.39, 0.29) is 24.0 Å². The second kappa shape index (κ2) is 8.29. The average Bonchev–Trinajstić information content (AvgIpc) is 3.34. The summed E-state index contributed by atoms with van der Waals surface area (Å²) in [4.78, 5) is 27.1. The van der Waals surface area contributed by atoms with Gasteiger partial charge in [0.1, 0.15) is 6.04 Å². The Balaban J connectivity index is 1.70. The number of carbonyl (C=O) groups excluding carboxylic acids is 2. The maximum Gasteiger partial charge on any atom is 0.252 e. The molecule has 0 aliphatic carbocycles. The van der Waals surface area contributed by atoms with E-state index >= 15 is 0 Å². The minimum atomic E-state index is -4.00. The second-order valence-corrected chi connectivity index (χ2v) is 9.54. The number of carbonyl (C=O) groups is 2. The number of imide groups is 1. The van der Waals surface area contributed by atoms with Crippen molar-refractivity contribution in [3.8, 4) is 0 Å². The highest BCUT2D eigenvalue weighted by Gasteiger charge is 2.47. The molecule has 2 saturated heterocycles. The van der Waals surface area contributed by atoms with Gasteiger partial charge in [-0.15, -0.1) is 0 Å². The molecular weight excluding hydrogens is 404 g/mol. The van der Waals surface area contributed by atoms with Crippen LogP contribution in [0.3, 0.4) is 0 Å². The second-order valence-electron chi connectivity index (χ2n) is 7.65. The molecule has 0 aromatic heterocycles. The fraction of sp³-hybridized carbons (Fsp3) is 0.364. The Kier molecular flexibility index (Phi) is 5.73. The summed E-state index contributed by atoms with van der Waals surface area (Å²) in [7, 11) is -4.00. The lowest BCUT2D eigenvalue weighted by Crippen LogP contribution is -2.48. The number of sulfonamides is 1. The summed E-state index contributed by atoms with van der Waals surface area (Å²) in [5, 5.41) is 0. The third-order valence-corrected chi connectivity index (χ3v) is 7.41. The van der Waals surface area contributed by atoms with Crippen LogP contribution in [0.25, 0.3) is 0 Å². The quantitative estimate of drug-likeness (QED) is 0.660. The molecule has 0 spiro atoms. The first-order valence-corrected chi connectivity index (χ1v) is 11.4. The molecule has 0 radical (unpaired) electrons. The van der Waals surface area contributed by atoms with Crippen molar-refractivity contribution < 1.29 is 22.7 Å². The molecule has 8 heteroatoms. The smallest absolute Gasteiger partial charge is 0.252 e. The summed E-state index contributed by atoms with van der Waals surface area (Å²) >= 11 is 0. The fourth-order valence-corrected chi connectivity index (χ4v) is 5.53. The molecule has 2 heterocycles. The maximum absolute atomic E-state index is 13.5. The molecule has 2 aromatic carbocycles. The fourth-order valence-electron chi connectivity index (χ4n) is 3.92. The summed E-state index contributed by atoms with van der Waals surface area (Å²) in [6.45, 7) is 2.48. The van der Waals surface area contributed by atoms with E-state index in [1.165, 1.54) is 12.1 Å². The van der Waals surface area contributed by atoms with Crippen LogP contribution in [0.15, 0.2) is 59.5 Å². The zero-order valence-electron chi connectivity index (χ0n) is 16.7. The molecule has 2 aliphatic heterocycles. The third kappa shape index (κ3) is 3.90. The number of aryl methyl sites for hydroxylation is 1. The average molecular weight is 429 g/mol. The molecule has 0 N–H and O–H groups in total. The van der Waals surface area contributed by atoms with Gasteiger partial charge in [0.2, 0.25) is 15.9 Å². The van der Waals surface area contributed by atoms with E-state index in [4.69, 9.17) is 4.74 Å². The molecule has 2 unspecified atom stereocenters. The van der Waals surface area contributed by atoms with Crippen LogP contribution < -0.4 is 4.90 Å². The van der Waals surface area contributed by atoms with Gasteiger partial charge in [0.05, 0.1) is 23.1 Å². The number of ether oxygens (including phenoxy) is 1. The van der Waals surface area contributed by atoms with E-state index in [0.29, 0.717) is 12.3 Å². The molecule has 2 aromatic rings. The molecule has 30 heavy (non-hydrogen) atoms. The first-order valence-electron chi connectivity index (χ1n) is 10.00. The predicted molar refractivity (Wildman–Crippen MR) is 111 cm³/mol. The van der Waals surface area contributed by atoms with Gasteiger partial charge in [-0.25, -0.2) is 13.3 Å². The lowest BCUT2D eigenvalue weighted by atomic mass is 10.2. The number of nitrogens with zero attached hydrogens (tertiary/aromatic N) is 2. The summed E-state index contributed by atoms with van der Waals surface area (Å²) in [5.41, 5.74) is 1.38. The van der Waals surface area contributed by atoms with Gasteiger partial charge in [-0.1, -0.05) is 35.9 Å². The number of hydrogen-bond donors (Lipinski definition) is 0. The van der Waals surface area contributed by atoms with E-state index in [9.17, 15) is 18.0 Å². The standard InChI is InChI=1S/C22H24N2O5S/c1-16-9-11-19(12-10-16)30(27,28)23(15-18-8-5-13-29-18)20-14-21(25)24(22(20)26)17-6-3-2-4-7-17/h2-4,6-7,9-12,18,20H,5,8,13-15H2,1H3. The van der Waals surface area contributed by atoms with Gasteiger partial charge in [0.15, 0.2) is 0 Å². The van der Waals surface area contributed by atoms with Crippen molar-refractivity contribution in [1.29, 1.82) is 0 Å². The molecule has 0 saturated carbocycles. The Hall–Kier alpha value is -2.55. The SMILES string of the molecule is Cc1ccc(S(=O)(=O)N(CC2CCCO2)C2CC(=O)N(c3ccccc3)C2=O)cc1. The zero-order valence-corrected chi connectivity index (χ0v) is 17.5. The minimum Gasteiger partial charge on any atom is -0.377 e. The summed E-state index contributed by atoms with van der Waals surface area (Å²) < 4.78 is 33.8. The van der Waals surface area contributed by atoms with Crippen molar-refractivity contribution in [2.75, 3.05) is 18.1 Å². The van der Waals surface area contributed by atoms with E-state index in [0.717, 1.165) is 27.6 Å². The van der Waals surface area contributed by atoms with Crippen LogP contribution in [0.1, 0.15) is 24.8 Å². The lowest BCUT2D eigenvalue weighted by Gasteiger charge is -2.29.